The number of hydrogen-bond acceptors (Lipinski definition) is 6. The van der Waals surface area contributed by atoms with Crippen molar-refractivity contribution >= 4 is 29.3 Å². The molecule has 0 saturated heterocycles. The maximum absolute atomic E-state index is 12.2. The molecule has 2 aromatic rings. The molecule has 1 N–H and O–H groups in total. The number of nitrogens with one attached hydrogen (secondary N) is 1. The molecular formula is C17H20N4O3S. The van der Waals surface area contributed by atoms with Crippen molar-refractivity contribution in [3.63, 3.8) is 0 Å². The van der Waals surface area contributed by atoms with Gasteiger partial charge in [0.2, 0.25) is 5.91 Å². The first-order valence-corrected chi connectivity index (χ1v) is 8.72. The van der Waals surface area contributed by atoms with Crippen LogP contribution < -0.4 is 5.32 Å². The molecule has 25 heavy (non-hydrogen) atoms. The third-order valence-corrected chi connectivity index (χ3v) is 4.33. The molecule has 0 aliphatic carbocycles. The SMILES string of the molecule is C=CCn1c(CC)nnc1SCC(=O)Nc1ccccc1C(=O)OC. The fourth-order valence-electron chi connectivity index (χ4n) is 2.20. The van der Waals surface area contributed by atoms with Crippen LogP contribution in [0.25, 0.3) is 0 Å². The van der Waals surface area contributed by atoms with Crippen molar-refractivity contribution in [2.45, 2.75) is 25.0 Å². The summed E-state index contributed by atoms with van der Waals surface area (Å²) in [5, 5.41) is 11.6. The second-order valence-corrected chi connectivity index (χ2v) is 5.97. The Morgan fingerprint density at radius 2 is 2.12 bits per heavy atom. The minimum absolute atomic E-state index is 0.147. The lowest BCUT2D eigenvalue weighted by molar-refractivity contribution is -0.113. The van der Waals surface area contributed by atoms with Crippen molar-refractivity contribution in [1.29, 1.82) is 0 Å². The highest BCUT2D eigenvalue weighted by molar-refractivity contribution is 7.99. The first-order chi connectivity index (χ1) is 12.1. The van der Waals surface area contributed by atoms with Gasteiger partial charge in [0, 0.05) is 13.0 Å². The Hall–Kier alpha value is -2.61. The maximum atomic E-state index is 12.2. The zero-order valence-electron chi connectivity index (χ0n) is 14.2. The highest BCUT2D eigenvalue weighted by Gasteiger charge is 2.15. The predicted molar refractivity (Wildman–Crippen MR) is 96.7 cm³/mol. The van der Waals surface area contributed by atoms with Crippen molar-refractivity contribution in [3.8, 4) is 0 Å². The van der Waals surface area contributed by atoms with Gasteiger partial charge in [-0.15, -0.1) is 16.8 Å². The highest BCUT2D eigenvalue weighted by atomic mass is 32.2. The van der Waals surface area contributed by atoms with Gasteiger partial charge in [0.05, 0.1) is 24.1 Å². The highest BCUT2D eigenvalue weighted by Crippen LogP contribution is 2.20. The zero-order chi connectivity index (χ0) is 18.2. The first kappa shape index (κ1) is 18.7. The molecule has 7 nitrogen and oxygen atoms in total. The summed E-state index contributed by atoms with van der Waals surface area (Å²) >= 11 is 1.28. The van der Waals surface area contributed by atoms with Gasteiger partial charge in [-0.1, -0.05) is 36.9 Å². The summed E-state index contributed by atoms with van der Waals surface area (Å²) in [6.07, 6.45) is 2.51. The van der Waals surface area contributed by atoms with Gasteiger partial charge < -0.3 is 14.6 Å². The molecular weight excluding hydrogens is 340 g/mol. The number of thioether (sulfide) groups is 1. The number of methoxy groups -OCH3 is 1. The number of anilines is 1. The van der Waals surface area contributed by atoms with Gasteiger partial charge in [-0.05, 0) is 12.1 Å². The standard InChI is InChI=1S/C17H20N4O3S/c1-4-10-21-14(5-2)19-20-17(21)25-11-15(22)18-13-9-7-6-8-12(13)16(23)24-3/h4,6-9H,1,5,10-11H2,2-3H3,(H,18,22). The fourth-order valence-corrected chi connectivity index (χ4v) is 2.96. The van der Waals surface area contributed by atoms with E-state index in [0.29, 0.717) is 23.0 Å². The molecule has 0 saturated carbocycles. The molecule has 8 heteroatoms. The van der Waals surface area contributed by atoms with E-state index in [1.54, 1.807) is 30.3 Å². The van der Waals surface area contributed by atoms with Crippen LogP contribution in [0.3, 0.4) is 0 Å². The van der Waals surface area contributed by atoms with Crippen molar-refractivity contribution < 1.29 is 14.3 Å². The van der Waals surface area contributed by atoms with E-state index in [0.717, 1.165) is 12.2 Å². The Bertz CT molecular complexity index is 773. The largest absolute Gasteiger partial charge is 0.465 e. The van der Waals surface area contributed by atoms with E-state index < -0.39 is 5.97 Å². The lowest BCUT2D eigenvalue weighted by Gasteiger charge is -2.10. The summed E-state index contributed by atoms with van der Waals surface area (Å²) < 4.78 is 6.64. The van der Waals surface area contributed by atoms with Crippen LogP contribution >= 0.6 is 11.8 Å². The molecule has 1 amide bonds. The Morgan fingerprint density at radius 3 is 2.80 bits per heavy atom. The van der Waals surface area contributed by atoms with Crippen molar-refractivity contribution in [2.24, 2.45) is 0 Å². The molecule has 0 radical (unpaired) electrons. The van der Waals surface area contributed by atoms with Crippen LogP contribution in [-0.4, -0.2) is 39.5 Å². The van der Waals surface area contributed by atoms with E-state index in [4.69, 9.17) is 4.74 Å². The molecule has 132 valence electrons. The van der Waals surface area contributed by atoms with E-state index in [-0.39, 0.29) is 11.7 Å². The van der Waals surface area contributed by atoms with E-state index in [2.05, 4.69) is 22.1 Å². The van der Waals surface area contributed by atoms with E-state index >= 15 is 0 Å². The summed E-state index contributed by atoms with van der Waals surface area (Å²) in [4.78, 5) is 24.0. The van der Waals surface area contributed by atoms with Crippen molar-refractivity contribution in [1.82, 2.24) is 14.8 Å². The monoisotopic (exact) mass is 360 g/mol. The van der Waals surface area contributed by atoms with Gasteiger partial charge in [0.1, 0.15) is 5.82 Å². The number of aryl methyl sites for hydroxylation is 1. The molecule has 0 fully saturated rings. The number of ether oxygens (including phenoxy) is 1. The number of nitrogens with zero attached hydrogens (tertiary/aromatic N) is 3. The van der Waals surface area contributed by atoms with Gasteiger partial charge in [-0.3, -0.25) is 4.79 Å². The average molecular weight is 360 g/mol. The summed E-state index contributed by atoms with van der Waals surface area (Å²) in [7, 11) is 1.30. The molecule has 0 aliphatic heterocycles. The maximum Gasteiger partial charge on any atom is 0.339 e. The van der Waals surface area contributed by atoms with E-state index in [9.17, 15) is 9.59 Å². The number of amides is 1. The van der Waals surface area contributed by atoms with Crippen LogP contribution in [0.1, 0.15) is 23.1 Å². The number of carbonyl (C=O) groups excluding carboxylic acids is 2. The third-order valence-electron chi connectivity index (χ3n) is 3.36. The summed E-state index contributed by atoms with van der Waals surface area (Å²) in [6.45, 7) is 6.31. The van der Waals surface area contributed by atoms with Crippen molar-refractivity contribution in [3.05, 3.63) is 48.3 Å². The van der Waals surface area contributed by atoms with Crippen LogP contribution in [0.5, 0.6) is 0 Å². The Labute approximate surface area is 150 Å². The second-order valence-electron chi connectivity index (χ2n) is 5.03. The molecule has 0 bridgehead atoms. The number of benzene rings is 1. The minimum atomic E-state index is -0.498. The number of hydrogen-bond donors (Lipinski definition) is 1. The van der Waals surface area contributed by atoms with Gasteiger partial charge in [0.25, 0.3) is 0 Å². The van der Waals surface area contributed by atoms with Crippen LogP contribution in [0.4, 0.5) is 5.69 Å². The molecule has 1 heterocycles. The van der Waals surface area contributed by atoms with Gasteiger partial charge >= 0.3 is 5.97 Å². The second kappa shape index (κ2) is 9.03. The number of aromatic nitrogens is 3. The Morgan fingerprint density at radius 1 is 1.36 bits per heavy atom. The lowest BCUT2D eigenvalue weighted by Crippen LogP contribution is -2.17. The van der Waals surface area contributed by atoms with Crippen LogP contribution in [0.15, 0.2) is 42.1 Å². The van der Waals surface area contributed by atoms with Crippen LogP contribution in [0.2, 0.25) is 0 Å². The lowest BCUT2D eigenvalue weighted by atomic mass is 10.2. The summed E-state index contributed by atoms with van der Waals surface area (Å²) in [6, 6.07) is 6.71. The van der Waals surface area contributed by atoms with Crippen LogP contribution in [-0.2, 0) is 22.5 Å². The summed E-state index contributed by atoms with van der Waals surface area (Å²) in [5.74, 6) is 0.252. The zero-order valence-corrected chi connectivity index (χ0v) is 15.0. The van der Waals surface area contributed by atoms with E-state index in [1.807, 2.05) is 11.5 Å². The molecule has 0 spiro atoms. The fraction of sp³-hybridized carbons (Fsp3) is 0.294. The topological polar surface area (TPSA) is 86.1 Å². The number of esters is 1. The van der Waals surface area contributed by atoms with Gasteiger partial charge in [0.15, 0.2) is 5.16 Å². The average Bonchev–Trinajstić information content (AvgIpc) is 3.02. The number of allylic oxidation sites excluding steroid dienone is 1. The predicted octanol–water partition coefficient (Wildman–Crippen LogP) is 2.54. The van der Waals surface area contributed by atoms with Crippen LogP contribution in [0, 0.1) is 0 Å². The van der Waals surface area contributed by atoms with Gasteiger partial charge in [-0.2, -0.15) is 0 Å². The number of rotatable bonds is 8. The normalized spacial score (nSPS) is 10.3. The Balaban J connectivity index is 2.04. The first-order valence-electron chi connectivity index (χ1n) is 7.73. The molecule has 1 aromatic carbocycles. The van der Waals surface area contributed by atoms with Crippen molar-refractivity contribution in [2.75, 3.05) is 18.2 Å². The molecule has 1 aromatic heterocycles. The summed E-state index contributed by atoms with van der Waals surface area (Å²) in [5.41, 5.74) is 0.730. The Kier molecular flexibility index (Phi) is 6.76. The van der Waals surface area contributed by atoms with E-state index in [1.165, 1.54) is 18.9 Å². The third kappa shape index (κ3) is 4.69. The van der Waals surface area contributed by atoms with Gasteiger partial charge in [-0.25, -0.2) is 4.79 Å². The smallest absolute Gasteiger partial charge is 0.339 e. The molecule has 0 unspecified atom stereocenters. The molecule has 0 atom stereocenters. The number of para-hydroxylation sites is 1. The number of carbonyl (C=O) groups is 2. The molecule has 0 aliphatic rings. The molecule has 2 rings (SSSR count). The quantitative estimate of drug-likeness (QED) is 0.442. The minimum Gasteiger partial charge on any atom is -0.465 e.